The Morgan fingerprint density at radius 3 is 2.59 bits per heavy atom. The van der Waals surface area contributed by atoms with E-state index in [1.165, 1.54) is 0 Å². The summed E-state index contributed by atoms with van der Waals surface area (Å²) in [6.45, 7) is 6.03. The predicted molar refractivity (Wildman–Crippen MR) is 89.2 cm³/mol. The van der Waals surface area contributed by atoms with E-state index in [2.05, 4.69) is 10.2 Å². The van der Waals surface area contributed by atoms with Crippen molar-refractivity contribution in [3.05, 3.63) is 23.8 Å². The number of alkyl halides is 1. The van der Waals surface area contributed by atoms with Crippen molar-refractivity contribution in [3.63, 3.8) is 0 Å². The third-order valence-electron chi connectivity index (χ3n) is 3.85. The number of rotatable bonds is 7. The minimum Gasteiger partial charge on any atom is -0.493 e. The highest BCUT2D eigenvalue weighted by Crippen LogP contribution is 2.33. The van der Waals surface area contributed by atoms with Crippen LogP contribution in [0.5, 0.6) is 11.5 Å². The molecule has 1 aromatic carbocycles. The van der Waals surface area contributed by atoms with Crippen molar-refractivity contribution in [3.8, 4) is 11.5 Å². The number of ether oxygens (including phenoxy) is 2. The SMILES string of the molecule is CCOc1ccc([C@H](CCF)N2CCNCC2)cc1OC.Cl. The van der Waals surface area contributed by atoms with E-state index in [0.717, 1.165) is 37.5 Å². The second kappa shape index (κ2) is 9.87. The molecule has 1 fully saturated rings. The van der Waals surface area contributed by atoms with Crippen LogP contribution in [-0.4, -0.2) is 51.5 Å². The van der Waals surface area contributed by atoms with E-state index in [1.807, 2.05) is 25.1 Å². The minimum atomic E-state index is -0.315. The average Bonchev–Trinajstić information content (AvgIpc) is 2.54. The van der Waals surface area contributed by atoms with E-state index < -0.39 is 0 Å². The average molecular weight is 333 g/mol. The Bertz CT molecular complexity index is 442. The summed E-state index contributed by atoms with van der Waals surface area (Å²) < 4.78 is 23.9. The van der Waals surface area contributed by atoms with Gasteiger partial charge in [-0.3, -0.25) is 9.29 Å². The summed E-state index contributed by atoms with van der Waals surface area (Å²) in [5, 5.41) is 3.33. The number of hydrogen-bond acceptors (Lipinski definition) is 4. The van der Waals surface area contributed by atoms with E-state index in [1.54, 1.807) is 7.11 Å². The molecule has 0 bridgehead atoms. The molecule has 22 heavy (non-hydrogen) atoms. The molecule has 126 valence electrons. The van der Waals surface area contributed by atoms with Gasteiger partial charge in [-0.2, -0.15) is 0 Å². The van der Waals surface area contributed by atoms with Gasteiger partial charge in [0.05, 0.1) is 20.4 Å². The summed E-state index contributed by atoms with van der Waals surface area (Å²) in [5.41, 5.74) is 1.09. The van der Waals surface area contributed by atoms with Crippen molar-refractivity contribution >= 4 is 12.4 Å². The van der Waals surface area contributed by atoms with E-state index in [0.29, 0.717) is 18.8 Å². The van der Waals surface area contributed by atoms with Crippen LogP contribution in [0.4, 0.5) is 4.39 Å². The Balaban J connectivity index is 0.00000242. The lowest BCUT2D eigenvalue weighted by Gasteiger charge is -2.35. The summed E-state index contributed by atoms with van der Waals surface area (Å²) >= 11 is 0. The van der Waals surface area contributed by atoms with Gasteiger partial charge in [-0.1, -0.05) is 6.07 Å². The molecule has 2 rings (SSSR count). The van der Waals surface area contributed by atoms with Gasteiger partial charge in [-0.05, 0) is 31.0 Å². The molecule has 6 heteroatoms. The van der Waals surface area contributed by atoms with Gasteiger partial charge >= 0.3 is 0 Å². The topological polar surface area (TPSA) is 33.7 Å². The fourth-order valence-corrected chi connectivity index (χ4v) is 2.82. The zero-order valence-corrected chi connectivity index (χ0v) is 14.1. The number of benzene rings is 1. The van der Waals surface area contributed by atoms with E-state index >= 15 is 0 Å². The van der Waals surface area contributed by atoms with Crippen molar-refractivity contribution in [2.75, 3.05) is 46.6 Å². The molecule has 4 nitrogen and oxygen atoms in total. The third kappa shape index (κ3) is 4.73. The van der Waals surface area contributed by atoms with Crippen molar-refractivity contribution < 1.29 is 13.9 Å². The molecule has 1 saturated heterocycles. The van der Waals surface area contributed by atoms with Crippen molar-refractivity contribution in [1.29, 1.82) is 0 Å². The maximum atomic E-state index is 13.0. The summed E-state index contributed by atoms with van der Waals surface area (Å²) in [6.07, 6.45) is 0.511. The highest BCUT2D eigenvalue weighted by atomic mass is 35.5. The van der Waals surface area contributed by atoms with Crippen LogP contribution in [0.3, 0.4) is 0 Å². The van der Waals surface area contributed by atoms with Crippen LogP contribution in [-0.2, 0) is 0 Å². The van der Waals surface area contributed by atoms with Crippen molar-refractivity contribution in [2.45, 2.75) is 19.4 Å². The normalized spacial score (nSPS) is 16.7. The first kappa shape index (κ1) is 19.0. The molecule has 0 radical (unpaired) electrons. The number of hydrogen-bond donors (Lipinski definition) is 1. The van der Waals surface area contributed by atoms with Crippen LogP contribution in [0.25, 0.3) is 0 Å². The summed E-state index contributed by atoms with van der Waals surface area (Å²) in [6, 6.07) is 6.02. The Morgan fingerprint density at radius 2 is 2.00 bits per heavy atom. The number of nitrogens with one attached hydrogen (secondary N) is 1. The first-order valence-electron chi connectivity index (χ1n) is 7.61. The lowest BCUT2D eigenvalue weighted by molar-refractivity contribution is 0.157. The monoisotopic (exact) mass is 332 g/mol. The van der Waals surface area contributed by atoms with Gasteiger partial charge in [0.25, 0.3) is 0 Å². The van der Waals surface area contributed by atoms with Gasteiger partial charge in [-0.25, -0.2) is 0 Å². The Labute approximate surface area is 138 Å². The lowest BCUT2D eigenvalue weighted by Crippen LogP contribution is -2.45. The van der Waals surface area contributed by atoms with Gasteiger partial charge in [-0.15, -0.1) is 12.4 Å². The van der Waals surface area contributed by atoms with Crippen molar-refractivity contribution in [2.24, 2.45) is 0 Å². The van der Waals surface area contributed by atoms with Gasteiger partial charge < -0.3 is 14.8 Å². The smallest absolute Gasteiger partial charge is 0.161 e. The molecule has 0 saturated carbocycles. The maximum absolute atomic E-state index is 13.0. The molecule has 0 aromatic heterocycles. The molecular weight excluding hydrogens is 307 g/mol. The minimum absolute atomic E-state index is 0. The fraction of sp³-hybridized carbons (Fsp3) is 0.625. The van der Waals surface area contributed by atoms with Crippen LogP contribution < -0.4 is 14.8 Å². The molecule has 1 aliphatic rings. The predicted octanol–water partition coefficient (Wildman–Crippen LogP) is 2.82. The second-order valence-electron chi connectivity index (χ2n) is 5.12. The first-order chi connectivity index (χ1) is 10.3. The van der Waals surface area contributed by atoms with Crippen LogP contribution in [0.15, 0.2) is 18.2 Å². The molecule has 1 aromatic rings. The fourth-order valence-electron chi connectivity index (χ4n) is 2.82. The van der Waals surface area contributed by atoms with Crippen LogP contribution in [0, 0.1) is 0 Å². The van der Waals surface area contributed by atoms with Crippen LogP contribution >= 0.6 is 12.4 Å². The van der Waals surface area contributed by atoms with Gasteiger partial charge in [0.1, 0.15) is 0 Å². The highest BCUT2D eigenvalue weighted by Gasteiger charge is 2.23. The van der Waals surface area contributed by atoms with Gasteiger partial charge in [0, 0.05) is 32.2 Å². The number of nitrogens with zero attached hydrogens (tertiary/aromatic N) is 1. The lowest BCUT2D eigenvalue weighted by atomic mass is 10.0. The van der Waals surface area contributed by atoms with E-state index in [9.17, 15) is 4.39 Å². The number of methoxy groups -OCH3 is 1. The van der Waals surface area contributed by atoms with Gasteiger partial charge in [0.2, 0.25) is 0 Å². The van der Waals surface area contributed by atoms with E-state index in [-0.39, 0.29) is 25.1 Å². The van der Waals surface area contributed by atoms with E-state index in [4.69, 9.17) is 9.47 Å². The Morgan fingerprint density at radius 1 is 1.27 bits per heavy atom. The molecule has 1 heterocycles. The molecule has 1 aliphatic heterocycles. The quantitative estimate of drug-likeness (QED) is 0.832. The maximum Gasteiger partial charge on any atom is 0.161 e. The molecule has 0 unspecified atom stereocenters. The Kier molecular flexibility index (Phi) is 8.53. The standard InChI is InChI=1S/C16H25FN2O2.ClH/c1-3-21-15-5-4-13(12-16(15)20-2)14(6-7-17)19-10-8-18-9-11-19;/h4-5,12,14,18H,3,6-11H2,1-2H3;1H/t14-;/m0./s1. The highest BCUT2D eigenvalue weighted by molar-refractivity contribution is 5.85. The summed E-state index contributed by atoms with van der Waals surface area (Å²) in [5.74, 6) is 1.46. The molecular formula is C16H26ClFN2O2. The zero-order chi connectivity index (χ0) is 15.1. The molecule has 1 atom stereocenters. The van der Waals surface area contributed by atoms with Crippen LogP contribution in [0.1, 0.15) is 24.9 Å². The molecule has 0 aliphatic carbocycles. The van der Waals surface area contributed by atoms with Crippen LogP contribution in [0.2, 0.25) is 0 Å². The third-order valence-corrected chi connectivity index (χ3v) is 3.85. The molecule has 0 spiro atoms. The molecule has 1 N–H and O–H groups in total. The number of piperazine rings is 1. The zero-order valence-electron chi connectivity index (χ0n) is 13.3. The second-order valence-corrected chi connectivity index (χ2v) is 5.12. The largest absolute Gasteiger partial charge is 0.493 e. The Hall–Kier alpha value is -1.04. The van der Waals surface area contributed by atoms with Crippen molar-refractivity contribution in [1.82, 2.24) is 10.2 Å². The number of halogens is 2. The summed E-state index contributed by atoms with van der Waals surface area (Å²) in [7, 11) is 1.64. The van der Waals surface area contributed by atoms with Gasteiger partial charge in [0.15, 0.2) is 11.5 Å². The summed E-state index contributed by atoms with van der Waals surface area (Å²) in [4.78, 5) is 2.34. The molecule has 0 amide bonds. The first-order valence-corrected chi connectivity index (χ1v) is 7.61.